The molecule has 0 spiro atoms. The Hall–Kier alpha value is -8.67. The van der Waals surface area contributed by atoms with Crippen molar-refractivity contribution >= 4 is 75.3 Å². The van der Waals surface area contributed by atoms with Gasteiger partial charge in [0.2, 0.25) is 29.6 Å². The molecule has 24 nitrogen and oxygen atoms in total. The molecule has 6 N–H and O–H groups in total. The molecule has 0 aliphatic carbocycles. The maximum atomic E-state index is 13.9. The molecule has 1 fully saturated rings. The van der Waals surface area contributed by atoms with Gasteiger partial charge in [-0.05, 0) is 64.1 Å². The average molecular weight is 987 g/mol. The average Bonchev–Trinajstić information content (AvgIpc) is 4.16. The molecule has 0 radical (unpaired) electrons. The summed E-state index contributed by atoms with van der Waals surface area (Å²) in [7, 11) is 1.44. The number of likely N-dealkylation sites (tertiary alicyclic amines) is 1. The largest absolute Gasteiger partial charge is 0.494 e. The van der Waals surface area contributed by atoms with Gasteiger partial charge in [-0.1, -0.05) is 12.2 Å². The number of anilines is 2. The molecule has 0 unspecified atom stereocenters. The van der Waals surface area contributed by atoms with Gasteiger partial charge in [-0.2, -0.15) is 10.2 Å². The number of aryl methyl sites for hydroxylation is 4. The molecule has 2 aliphatic rings. The Balaban J connectivity index is 1.04. The van der Waals surface area contributed by atoms with Gasteiger partial charge in [0.25, 0.3) is 23.6 Å². The molecule has 2 aromatic carbocycles. The predicted octanol–water partition coefficient (Wildman–Crippen LogP) is 2.71. The lowest BCUT2D eigenvalue weighted by Gasteiger charge is -2.39. The lowest BCUT2D eigenvalue weighted by molar-refractivity contribution is -0.146. The number of benzene rings is 2. The summed E-state index contributed by atoms with van der Waals surface area (Å²) >= 11 is 0. The highest BCUT2D eigenvalue weighted by Gasteiger charge is 2.33. The molecule has 6 heterocycles. The summed E-state index contributed by atoms with van der Waals surface area (Å²) in [5.41, 5.74) is 15.2. The van der Waals surface area contributed by atoms with Crippen LogP contribution in [0.5, 0.6) is 11.5 Å². The summed E-state index contributed by atoms with van der Waals surface area (Å²) in [6, 6.07) is 9.36. The molecule has 2 aliphatic heterocycles. The Morgan fingerprint density at radius 2 is 1.22 bits per heavy atom. The number of imide groups is 1. The summed E-state index contributed by atoms with van der Waals surface area (Å²) < 4.78 is 24.6. The van der Waals surface area contributed by atoms with Gasteiger partial charge in [0.15, 0.2) is 0 Å². The fourth-order valence-electron chi connectivity index (χ4n) is 8.44. The SMILES string of the molecule is CCn1nc(C)cc1C(=O)Nc1nc2cc(C(N)=O)cc(OC)c2n1CC=CCn1c(NC(=O)c2cc(C)nn2CC)nc2cc(C(N)=O)cc(OCCCOC3CN(C(=O)CCN4C(=O)C=CC4=O)C3)c21. The minimum Gasteiger partial charge on any atom is -0.494 e. The first kappa shape index (κ1) is 49.7. The Morgan fingerprint density at radius 3 is 1.71 bits per heavy atom. The molecule has 0 atom stereocenters. The molecule has 376 valence electrons. The van der Waals surface area contributed by atoms with E-state index in [0.29, 0.717) is 77.4 Å². The van der Waals surface area contributed by atoms with Gasteiger partial charge >= 0.3 is 0 Å². The number of imidazole rings is 2. The van der Waals surface area contributed by atoms with Crippen LogP contribution in [0.2, 0.25) is 0 Å². The molecule has 4 aromatic heterocycles. The van der Waals surface area contributed by atoms with Crippen LogP contribution in [0.3, 0.4) is 0 Å². The van der Waals surface area contributed by atoms with Crippen LogP contribution in [0.15, 0.2) is 60.7 Å². The molecule has 7 amide bonds. The zero-order valence-electron chi connectivity index (χ0n) is 40.3. The molecule has 6 aromatic rings. The highest BCUT2D eigenvalue weighted by Crippen LogP contribution is 2.33. The predicted molar refractivity (Wildman–Crippen MR) is 260 cm³/mol. The van der Waals surface area contributed by atoms with E-state index >= 15 is 0 Å². The molecule has 72 heavy (non-hydrogen) atoms. The topological polar surface area (TPSA) is 301 Å². The van der Waals surface area contributed by atoms with Gasteiger partial charge in [-0.3, -0.25) is 58.5 Å². The normalized spacial score (nSPS) is 13.7. The minimum atomic E-state index is -0.727. The number of methoxy groups -OCH3 is 1. The van der Waals surface area contributed by atoms with E-state index in [1.165, 1.54) is 43.5 Å². The van der Waals surface area contributed by atoms with Crippen LogP contribution in [0.1, 0.15) is 79.8 Å². The third kappa shape index (κ3) is 10.4. The molecular formula is C48H54N14O10. The Labute approximate surface area is 411 Å². The van der Waals surface area contributed by atoms with Crippen molar-refractivity contribution in [2.45, 2.75) is 72.8 Å². The van der Waals surface area contributed by atoms with E-state index in [9.17, 15) is 33.6 Å². The highest BCUT2D eigenvalue weighted by atomic mass is 16.5. The first-order valence-corrected chi connectivity index (χ1v) is 23.2. The van der Waals surface area contributed by atoms with Crippen LogP contribution in [0.25, 0.3) is 22.1 Å². The standard InChI is InChI=1S/C48H54N14O10/c1-6-61-34(19-27(3)55-61)45(68)53-47-51-32-21-29(43(49)66)23-36(70-5)41(32)59(47)14-8-9-15-60-42-33(52-48(60)54-46(69)35-20-28(4)56-62(35)7-2)22-30(44(50)67)24-37(42)72-18-10-17-71-31-25-57(26-31)38(63)13-16-58-39(64)11-12-40(58)65/h8-9,11-12,19-24,31H,6-7,10,13-18,25-26H2,1-5H3,(H2,49,66)(H2,50,67)(H,51,53,68)(H,52,54,69). The first-order valence-electron chi connectivity index (χ1n) is 23.2. The second kappa shape index (κ2) is 21.1. The maximum absolute atomic E-state index is 13.9. The number of rotatable bonds is 22. The van der Waals surface area contributed by atoms with E-state index in [1.54, 1.807) is 49.4 Å². The van der Waals surface area contributed by atoms with Gasteiger partial charge in [-0.25, -0.2) is 9.97 Å². The maximum Gasteiger partial charge on any atom is 0.276 e. The van der Waals surface area contributed by atoms with Crippen molar-refractivity contribution in [1.29, 1.82) is 0 Å². The van der Waals surface area contributed by atoms with Crippen LogP contribution >= 0.6 is 0 Å². The van der Waals surface area contributed by atoms with Gasteiger partial charge in [0.05, 0.1) is 48.8 Å². The van der Waals surface area contributed by atoms with Crippen molar-refractivity contribution in [3.8, 4) is 11.5 Å². The number of nitrogens with two attached hydrogens (primary N) is 2. The third-order valence-corrected chi connectivity index (χ3v) is 12.0. The fraction of sp³-hybridized carbons (Fsp3) is 0.354. The quantitative estimate of drug-likeness (QED) is 0.0432. The molecule has 24 heteroatoms. The highest BCUT2D eigenvalue weighted by molar-refractivity contribution is 6.13. The van der Waals surface area contributed by atoms with E-state index in [1.807, 2.05) is 26.0 Å². The number of aromatic nitrogens is 8. The Morgan fingerprint density at radius 1 is 0.722 bits per heavy atom. The van der Waals surface area contributed by atoms with Crippen LogP contribution in [0.4, 0.5) is 11.9 Å². The van der Waals surface area contributed by atoms with Crippen molar-refractivity contribution in [3.05, 3.63) is 94.6 Å². The zero-order valence-corrected chi connectivity index (χ0v) is 40.3. The smallest absolute Gasteiger partial charge is 0.276 e. The Kier molecular flexibility index (Phi) is 14.6. The number of hydrogen-bond donors (Lipinski definition) is 4. The van der Waals surface area contributed by atoms with Crippen molar-refractivity contribution in [2.75, 3.05) is 50.6 Å². The summed E-state index contributed by atoms with van der Waals surface area (Å²) in [6.07, 6.45) is 6.21. The number of carbonyl (C=O) groups is 7. The van der Waals surface area contributed by atoms with Gasteiger partial charge < -0.3 is 39.7 Å². The van der Waals surface area contributed by atoms with E-state index in [4.69, 9.17) is 30.7 Å². The lowest BCUT2D eigenvalue weighted by Crippen LogP contribution is -2.55. The number of hydrogen-bond acceptors (Lipinski definition) is 14. The number of nitrogens with zero attached hydrogens (tertiary/aromatic N) is 10. The lowest BCUT2D eigenvalue weighted by atomic mass is 10.1. The minimum absolute atomic E-state index is 0.00976. The summed E-state index contributed by atoms with van der Waals surface area (Å²) in [6.45, 7) is 9.55. The monoisotopic (exact) mass is 986 g/mol. The van der Waals surface area contributed by atoms with E-state index < -0.39 is 35.4 Å². The van der Waals surface area contributed by atoms with Crippen LogP contribution in [0, 0.1) is 13.8 Å². The second-order valence-electron chi connectivity index (χ2n) is 17.0. The van der Waals surface area contributed by atoms with Crippen LogP contribution < -0.4 is 31.6 Å². The summed E-state index contributed by atoms with van der Waals surface area (Å²) in [4.78, 5) is 101. The van der Waals surface area contributed by atoms with E-state index in [-0.39, 0.29) is 85.8 Å². The van der Waals surface area contributed by atoms with Gasteiger partial charge in [0, 0.05) is 81.9 Å². The number of fused-ring (bicyclic) bond motifs is 2. The number of ether oxygens (including phenoxy) is 3. The molecule has 0 bridgehead atoms. The number of amides is 7. The van der Waals surface area contributed by atoms with Crippen LogP contribution in [-0.2, 0) is 45.3 Å². The fourth-order valence-corrected chi connectivity index (χ4v) is 8.44. The van der Waals surface area contributed by atoms with Gasteiger partial charge in [0.1, 0.15) is 33.9 Å². The molecule has 8 rings (SSSR count). The molecular weight excluding hydrogens is 933 g/mol. The van der Waals surface area contributed by atoms with Crippen molar-refractivity contribution in [1.82, 2.24) is 48.5 Å². The summed E-state index contributed by atoms with van der Waals surface area (Å²) in [5.74, 6) is -2.61. The Bertz CT molecular complexity index is 3190. The van der Waals surface area contributed by atoms with Gasteiger partial charge in [-0.15, -0.1) is 0 Å². The third-order valence-electron chi connectivity index (χ3n) is 12.0. The summed E-state index contributed by atoms with van der Waals surface area (Å²) in [5, 5.41) is 14.6. The van der Waals surface area contributed by atoms with Crippen molar-refractivity contribution < 1.29 is 47.8 Å². The van der Waals surface area contributed by atoms with E-state index in [0.717, 1.165) is 4.90 Å². The molecule has 0 saturated carbocycles. The number of carbonyl (C=O) groups excluding carboxylic acids is 7. The van der Waals surface area contributed by atoms with Crippen molar-refractivity contribution in [2.24, 2.45) is 11.5 Å². The number of allylic oxidation sites excluding steroid dienone is 2. The zero-order chi connectivity index (χ0) is 51.4. The first-order chi connectivity index (χ1) is 34.6. The number of nitrogens with one attached hydrogen (secondary N) is 2. The second-order valence-corrected chi connectivity index (χ2v) is 17.0. The van der Waals surface area contributed by atoms with E-state index in [2.05, 4.69) is 25.8 Å². The van der Waals surface area contributed by atoms with Crippen LogP contribution in [-0.4, -0.2) is 136 Å². The van der Waals surface area contributed by atoms with Crippen molar-refractivity contribution in [3.63, 3.8) is 0 Å². The number of primary amides is 2. The molecule has 1 saturated heterocycles.